The van der Waals surface area contributed by atoms with Crippen molar-refractivity contribution in [3.8, 4) is 0 Å². The minimum atomic E-state index is -0.0835. The van der Waals surface area contributed by atoms with Crippen LogP contribution < -0.4 is 4.90 Å². The summed E-state index contributed by atoms with van der Waals surface area (Å²) in [5, 5.41) is 3.88. The number of anilines is 1. The van der Waals surface area contributed by atoms with Crippen LogP contribution in [0, 0.1) is 13.8 Å². The summed E-state index contributed by atoms with van der Waals surface area (Å²) in [4.78, 5) is 14.6. The fourth-order valence-electron chi connectivity index (χ4n) is 2.77. The number of aromatic nitrogens is 1. The van der Waals surface area contributed by atoms with Crippen molar-refractivity contribution in [1.82, 2.24) is 5.16 Å². The van der Waals surface area contributed by atoms with Crippen molar-refractivity contribution in [2.45, 2.75) is 38.2 Å². The molecule has 0 spiro atoms. The molecule has 1 aliphatic rings. The summed E-state index contributed by atoms with van der Waals surface area (Å²) in [6.07, 6.45) is 0.948. The number of benzene rings is 1. The number of aryl methyl sites for hydroxylation is 2. The van der Waals surface area contributed by atoms with Crippen LogP contribution >= 0.6 is 11.8 Å². The van der Waals surface area contributed by atoms with Crippen LogP contribution in [0.4, 0.5) is 5.69 Å². The lowest BCUT2D eigenvalue weighted by atomic mass is 10.2. The average molecular weight is 316 g/mol. The van der Waals surface area contributed by atoms with Crippen LogP contribution in [0.3, 0.4) is 0 Å². The van der Waals surface area contributed by atoms with Crippen molar-refractivity contribution in [1.29, 1.82) is 0 Å². The number of carbonyl (C=O) groups is 1. The predicted octanol–water partition coefficient (Wildman–Crippen LogP) is 3.50. The molecular weight excluding hydrogens is 296 g/mol. The zero-order valence-corrected chi connectivity index (χ0v) is 13.9. The number of nitrogens with zero attached hydrogens (tertiary/aromatic N) is 2. The van der Waals surface area contributed by atoms with Gasteiger partial charge in [-0.1, -0.05) is 23.4 Å². The Balaban J connectivity index is 1.66. The van der Waals surface area contributed by atoms with Gasteiger partial charge in [0.15, 0.2) is 0 Å². The number of amides is 1. The average Bonchev–Trinajstić information content (AvgIpc) is 3.08. The molecule has 1 unspecified atom stereocenters. The Labute approximate surface area is 134 Å². The van der Waals surface area contributed by atoms with Crippen LogP contribution in [0.2, 0.25) is 0 Å². The van der Waals surface area contributed by atoms with Gasteiger partial charge < -0.3 is 9.42 Å². The first kappa shape index (κ1) is 15.2. The second-order valence-electron chi connectivity index (χ2n) is 5.62. The lowest BCUT2D eigenvalue weighted by Crippen LogP contribution is -2.35. The van der Waals surface area contributed by atoms with Gasteiger partial charge in [0, 0.05) is 23.5 Å². The number of para-hydroxylation sites is 1. The fourth-order valence-corrected chi connectivity index (χ4v) is 3.87. The van der Waals surface area contributed by atoms with Crippen LogP contribution in [-0.4, -0.2) is 22.9 Å². The quantitative estimate of drug-likeness (QED) is 0.866. The summed E-state index contributed by atoms with van der Waals surface area (Å²) in [5.41, 5.74) is 4.35. The van der Waals surface area contributed by atoms with Crippen LogP contribution in [0.15, 0.2) is 28.8 Å². The molecule has 0 fully saturated rings. The third-order valence-corrected chi connectivity index (χ3v) is 5.32. The van der Waals surface area contributed by atoms with Gasteiger partial charge >= 0.3 is 0 Å². The Morgan fingerprint density at radius 2 is 2.18 bits per heavy atom. The van der Waals surface area contributed by atoms with Crippen molar-refractivity contribution in [2.75, 3.05) is 11.4 Å². The summed E-state index contributed by atoms with van der Waals surface area (Å²) < 4.78 is 5.18. The minimum absolute atomic E-state index is 0.0835. The van der Waals surface area contributed by atoms with E-state index in [1.54, 1.807) is 11.8 Å². The van der Waals surface area contributed by atoms with Gasteiger partial charge in [-0.25, -0.2) is 0 Å². The lowest BCUT2D eigenvalue weighted by molar-refractivity contribution is -0.117. The summed E-state index contributed by atoms with van der Waals surface area (Å²) >= 11 is 1.64. The van der Waals surface area contributed by atoms with Crippen molar-refractivity contribution in [3.05, 3.63) is 46.8 Å². The molecule has 5 heteroatoms. The molecule has 2 aromatic rings. The zero-order chi connectivity index (χ0) is 15.7. The van der Waals surface area contributed by atoms with Gasteiger partial charge in [-0.2, -0.15) is 0 Å². The van der Waals surface area contributed by atoms with Gasteiger partial charge in [0.25, 0.3) is 0 Å². The normalized spacial score (nSPS) is 15.0. The number of hydrogen-bond donors (Lipinski definition) is 0. The smallest absolute Gasteiger partial charge is 0.239 e. The predicted molar refractivity (Wildman–Crippen MR) is 89.2 cm³/mol. The molecule has 0 aliphatic carbocycles. The van der Waals surface area contributed by atoms with E-state index >= 15 is 0 Å². The second-order valence-corrected chi connectivity index (χ2v) is 6.95. The molecule has 0 N–H and O–H groups in total. The van der Waals surface area contributed by atoms with Crippen molar-refractivity contribution in [2.24, 2.45) is 0 Å². The number of fused-ring (bicyclic) bond motifs is 1. The first-order chi connectivity index (χ1) is 10.6. The molecule has 0 bridgehead atoms. The standard InChI is InChI=1S/C17H20N2O2S/c1-11-15(12(2)21-18-11)10-22-13(3)17(20)19-9-8-14-6-4-5-7-16(14)19/h4-7,13H,8-10H2,1-3H3. The van der Waals surface area contributed by atoms with Gasteiger partial charge in [-0.05, 0) is 38.8 Å². The molecule has 0 radical (unpaired) electrons. The lowest BCUT2D eigenvalue weighted by Gasteiger charge is -2.21. The largest absolute Gasteiger partial charge is 0.361 e. The minimum Gasteiger partial charge on any atom is -0.361 e. The van der Waals surface area contributed by atoms with Gasteiger partial charge in [0.2, 0.25) is 5.91 Å². The van der Waals surface area contributed by atoms with E-state index in [4.69, 9.17) is 4.52 Å². The van der Waals surface area contributed by atoms with Gasteiger partial charge in [-0.15, -0.1) is 11.8 Å². The van der Waals surface area contributed by atoms with E-state index in [1.807, 2.05) is 43.9 Å². The molecule has 1 atom stereocenters. The van der Waals surface area contributed by atoms with E-state index in [1.165, 1.54) is 5.56 Å². The highest BCUT2D eigenvalue weighted by molar-refractivity contribution is 7.99. The molecular formula is C17H20N2O2S. The summed E-state index contributed by atoms with van der Waals surface area (Å²) in [5.74, 6) is 1.78. The number of rotatable bonds is 4. The van der Waals surface area contributed by atoms with E-state index in [0.29, 0.717) is 0 Å². The molecule has 2 heterocycles. The number of thioether (sulfide) groups is 1. The summed E-state index contributed by atoms with van der Waals surface area (Å²) in [6, 6.07) is 8.16. The van der Waals surface area contributed by atoms with Crippen molar-refractivity contribution >= 4 is 23.4 Å². The Morgan fingerprint density at radius 3 is 2.91 bits per heavy atom. The molecule has 0 saturated carbocycles. The number of carbonyl (C=O) groups excluding carboxylic acids is 1. The van der Waals surface area contributed by atoms with Crippen LogP contribution in [0.25, 0.3) is 0 Å². The van der Waals surface area contributed by atoms with Crippen LogP contribution in [0.1, 0.15) is 29.5 Å². The van der Waals surface area contributed by atoms with E-state index in [9.17, 15) is 4.79 Å². The summed E-state index contributed by atoms with van der Waals surface area (Å²) in [6.45, 7) is 6.62. The topological polar surface area (TPSA) is 46.3 Å². The maximum atomic E-state index is 12.7. The molecule has 22 heavy (non-hydrogen) atoms. The SMILES string of the molecule is Cc1noc(C)c1CSC(C)C(=O)N1CCc2ccccc21. The molecule has 0 saturated heterocycles. The third-order valence-electron chi connectivity index (χ3n) is 4.16. The highest BCUT2D eigenvalue weighted by atomic mass is 32.2. The first-order valence-corrected chi connectivity index (χ1v) is 8.55. The summed E-state index contributed by atoms with van der Waals surface area (Å²) in [7, 11) is 0. The number of hydrogen-bond acceptors (Lipinski definition) is 4. The Hall–Kier alpha value is -1.75. The maximum Gasteiger partial charge on any atom is 0.239 e. The van der Waals surface area contributed by atoms with Crippen LogP contribution in [-0.2, 0) is 17.0 Å². The van der Waals surface area contributed by atoms with Crippen molar-refractivity contribution < 1.29 is 9.32 Å². The monoisotopic (exact) mass is 316 g/mol. The Bertz CT molecular complexity index is 676. The first-order valence-electron chi connectivity index (χ1n) is 7.50. The van der Waals surface area contributed by atoms with Gasteiger partial charge in [0.05, 0.1) is 10.9 Å². The van der Waals surface area contributed by atoms with E-state index in [0.717, 1.165) is 41.4 Å². The zero-order valence-electron chi connectivity index (χ0n) is 13.1. The molecule has 4 nitrogen and oxygen atoms in total. The Morgan fingerprint density at radius 1 is 1.41 bits per heavy atom. The Kier molecular flexibility index (Phi) is 4.25. The second kappa shape index (κ2) is 6.16. The molecule has 3 rings (SSSR count). The van der Waals surface area contributed by atoms with E-state index < -0.39 is 0 Å². The highest BCUT2D eigenvalue weighted by Gasteiger charge is 2.28. The van der Waals surface area contributed by atoms with Gasteiger partial charge in [-0.3, -0.25) is 4.79 Å². The molecule has 1 aliphatic heterocycles. The molecule has 1 aromatic carbocycles. The highest BCUT2D eigenvalue weighted by Crippen LogP contribution is 2.30. The molecule has 116 valence electrons. The van der Waals surface area contributed by atoms with E-state index in [2.05, 4.69) is 11.2 Å². The molecule has 1 aromatic heterocycles. The third kappa shape index (κ3) is 2.77. The van der Waals surface area contributed by atoms with Crippen LogP contribution in [0.5, 0.6) is 0 Å². The van der Waals surface area contributed by atoms with E-state index in [-0.39, 0.29) is 11.2 Å². The van der Waals surface area contributed by atoms with Crippen molar-refractivity contribution in [3.63, 3.8) is 0 Å². The molecule has 1 amide bonds. The van der Waals surface area contributed by atoms with Gasteiger partial charge in [0.1, 0.15) is 5.76 Å². The maximum absolute atomic E-state index is 12.7. The fraction of sp³-hybridized carbons (Fsp3) is 0.412.